The fourth-order valence-corrected chi connectivity index (χ4v) is 1.58. The van der Waals surface area contributed by atoms with Gasteiger partial charge in [-0.1, -0.05) is 30.3 Å². The summed E-state index contributed by atoms with van der Waals surface area (Å²) in [5.41, 5.74) is 1.04. The highest BCUT2D eigenvalue weighted by atomic mass is 19.1. The summed E-state index contributed by atoms with van der Waals surface area (Å²) in [6.45, 7) is 1.91. The maximum atomic E-state index is 12.6. The summed E-state index contributed by atoms with van der Waals surface area (Å²) in [6, 6.07) is 9.62. The Hall–Kier alpha value is -1.38. The van der Waals surface area contributed by atoms with Crippen LogP contribution in [0, 0.1) is 5.92 Å². The Morgan fingerprint density at radius 2 is 2.07 bits per heavy atom. The van der Waals surface area contributed by atoms with Crippen molar-refractivity contribution in [3.05, 3.63) is 35.9 Å². The summed E-state index contributed by atoms with van der Waals surface area (Å²) in [4.78, 5) is 11.4. The second-order valence-corrected chi connectivity index (χ2v) is 4.00. The monoisotopic (exact) mass is 207 g/mol. The Morgan fingerprint density at radius 1 is 1.47 bits per heavy atom. The highest BCUT2D eigenvalue weighted by Gasteiger charge is 2.43. The van der Waals surface area contributed by atoms with Crippen LogP contribution in [-0.4, -0.2) is 12.1 Å². The quantitative estimate of drug-likeness (QED) is 0.809. The second kappa shape index (κ2) is 4.01. The molecule has 15 heavy (non-hydrogen) atoms. The highest BCUT2D eigenvalue weighted by molar-refractivity contribution is 5.82. The fourth-order valence-electron chi connectivity index (χ4n) is 1.58. The van der Waals surface area contributed by atoms with Gasteiger partial charge in [0.25, 0.3) is 0 Å². The van der Waals surface area contributed by atoms with Crippen molar-refractivity contribution >= 4 is 5.91 Å². The highest BCUT2D eigenvalue weighted by Crippen LogP contribution is 2.34. The van der Waals surface area contributed by atoms with Gasteiger partial charge in [0.15, 0.2) is 0 Å². The van der Waals surface area contributed by atoms with Gasteiger partial charge in [0.05, 0.1) is 12.0 Å². The molecule has 0 spiro atoms. The van der Waals surface area contributed by atoms with Crippen LogP contribution < -0.4 is 5.32 Å². The first-order valence-corrected chi connectivity index (χ1v) is 5.18. The van der Waals surface area contributed by atoms with Gasteiger partial charge in [-0.15, -0.1) is 0 Å². The molecule has 1 aromatic carbocycles. The zero-order valence-electron chi connectivity index (χ0n) is 8.61. The van der Waals surface area contributed by atoms with E-state index in [9.17, 15) is 9.18 Å². The van der Waals surface area contributed by atoms with Gasteiger partial charge in [0.2, 0.25) is 5.91 Å². The smallest absolute Gasteiger partial charge is 0.226 e. The van der Waals surface area contributed by atoms with Crippen LogP contribution in [0.4, 0.5) is 4.39 Å². The van der Waals surface area contributed by atoms with E-state index in [-0.39, 0.29) is 11.9 Å². The topological polar surface area (TPSA) is 29.1 Å². The number of rotatable bonds is 3. The Bertz CT molecular complexity index is 352. The number of carbonyl (C=O) groups is 1. The Labute approximate surface area is 88.5 Å². The summed E-state index contributed by atoms with van der Waals surface area (Å²) in [5, 5.41) is 2.81. The van der Waals surface area contributed by atoms with Crippen molar-refractivity contribution in [2.45, 2.75) is 25.6 Å². The molecule has 1 fully saturated rings. The van der Waals surface area contributed by atoms with Gasteiger partial charge in [-0.05, 0) is 18.9 Å². The van der Waals surface area contributed by atoms with Gasteiger partial charge in [0.1, 0.15) is 6.17 Å². The average molecular weight is 207 g/mol. The predicted molar refractivity (Wildman–Crippen MR) is 56.0 cm³/mol. The van der Waals surface area contributed by atoms with Gasteiger partial charge < -0.3 is 5.32 Å². The third-order valence-electron chi connectivity index (χ3n) is 2.71. The molecule has 0 bridgehead atoms. The van der Waals surface area contributed by atoms with Crippen molar-refractivity contribution in [1.29, 1.82) is 0 Å². The van der Waals surface area contributed by atoms with Crippen LogP contribution in [0.5, 0.6) is 0 Å². The van der Waals surface area contributed by atoms with Crippen molar-refractivity contribution < 1.29 is 9.18 Å². The number of nitrogens with one attached hydrogen (secondary N) is 1. The molecular formula is C12H14FNO. The lowest BCUT2D eigenvalue weighted by molar-refractivity contribution is -0.123. The lowest BCUT2D eigenvalue weighted by Crippen LogP contribution is -2.28. The van der Waals surface area contributed by atoms with Crippen LogP contribution in [0.1, 0.15) is 24.9 Å². The van der Waals surface area contributed by atoms with Gasteiger partial charge in [-0.2, -0.15) is 0 Å². The normalized spacial score (nSPS) is 25.7. The van der Waals surface area contributed by atoms with Crippen molar-refractivity contribution in [2.75, 3.05) is 0 Å². The summed E-state index contributed by atoms with van der Waals surface area (Å²) >= 11 is 0. The van der Waals surface area contributed by atoms with E-state index in [4.69, 9.17) is 0 Å². The molecule has 0 radical (unpaired) electrons. The van der Waals surface area contributed by atoms with Crippen LogP contribution in [0.25, 0.3) is 0 Å². The van der Waals surface area contributed by atoms with E-state index < -0.39 is 12.1 Å². The van der Waals surface area contributed by atoms with Crippen molar-refractivity contribution in [3.63, 3.8) is 0 Å². The number of alkyl halides is 1. The maximum Gasteiger partial charge on any atom is 0.226 e. The largest absolute Gasteiger partial charge is 0.349 e. The van der Waals surface area contributed by atoms with E-state index in [1.165, 1.54) is 0 Å². The minimum absolute atomic E-state index is 0.0495. The molecule has 0 aromatic heterocycles. The van der Waals surface area contributed by atoms with E-state index in [2.05, 4.69) is 5.32 Å². The van der Waals surface area contributed by atoms with E-state index in [0.717, 1.165) is 5.56 Å². The molecule has 0 saturated heterocycles. The predicted octanol–water partition coefficient (Wildman–Crippen LogP) is 2.22. The van der Waals surface area contributed by atoms with E-state index in [0.29, 0.717) is 6.42 Å². The van der Waals surface area contributed by atoms with Crippen LogP contribution >= 0.6 is 0 Å². The molecule has 1 aliphatic carbocycles. The summed E-state index contributed by atoms with van der Waals surface area (Å²) < 4.78 is 12.6. The van der Waals surface area contributed by atoms with E-state index in [1.807, 2.05) is 37.3 Å². The van der Waals surface area contributed by atoms with Crippen LogP contribution in [0.3, 0.4) is 0 Å². The third-order valence-corrected chi connectivity index (χ3v) is 2.71. The molecule has 1 aliphatic rings. The van der Waals surface area contributed by atoms with Crippen molar-refractivity contribution in [3.8, 4) is 0 Å². The SMILES string of the molecule is C[C@@H](NC(=O)[C@H]1C[C@H]1F)c1ccccc1. The first-order valence-electron chi connectivity index (χ1n) is 5.18. The number of carbonyl (C=O) groups excluding carboxylic acids is 1. The Kier molecular flexibility index (Phi) is 2.71. The Morgan fingerprint density at radius 3 is 2.60 bits per heavy atom. The van der Waals surface area contributed by atoms with E-state index in [1.54, 1.807) is 0 Å². The lowest BCUT2D eigenvalue weighted by atomic mass is 10.1. The fraction of sp³-hybridized carbons (Fsp3) is 0.417. The average Bonchev–Trinajstić information content (AvgIpc) is 2.97. The Balaban J connectivity index is 1.92. The number of halogens is 1. The third kappa shape index (κ3) is 2.35. The molecule has 1 saturated carbocycles. The first-order chi connectivity index (χ1) is 7.18. The number of amides is 1. The molecular weight excluding hydrogens is 193 g/mol. The number of hydrogen-bond acceptors (Lipinski definition) is 1. The molecule has 1 amide bonds. The van der Waals surface area contributed by atoms with Crippen molar-refractivity contribution in [1.82, 2.24) is 5.32 Å². The zero-order chi connectivity index (χ0) is 10.8. The van der Waals surface area contributed by atoms with Gasteiger partial charge >= 0.3 is 0 Å². The maximum absolute atomic E-state index is 12.6. The van der Waals surface area contributed by atoms with Gasteiger partial charge in [-0.3, -0.25) is 4.79 Å². The standard InChI is InChI=1S/C12H14FNO/c1-8(9-5-3-2-4-6-9)14-12(15)10-7-11(10)13/h2-6,8,10-11H,7H2,1H3,(H,14,15)/t8-,10+,11-/m1/s1. The summed E-state index contributed by atoms with van der Waals surface area (Å²) in [6.07, 6.45) is -0.541. The van der Waals surface area contributed by atoms with Gasteiger partial charge in [0, 0.05) is 0 Å². The molecule has 1 N–H and O–H groups in total. The summed E-state index contributed by atoms with van der Waals surface area (Å²) in [7, 11) is 0. The molecule has 1 aromatic rings. The number of benzene rings is 1. The summed E-state index contributed by atoms with van der Waals surface area (Å²) in [5.74, 6) is -0.574. The minimum Gasteiger partial charge on any atom is -0.349 e. The molecule has 0 unspecified atom stereocenters. The molecule has 3 atom stereocenters. The van der Waals surface area contributed by atoms with E-state index >= 15 is 0 Å². The second-order valence-electron chi connectivity index (χ2n) is 4.00. The van der Waals surface area contributed by atoms with Crippen LogP contribution in [0.2, 0.25) is 0 Å². The minimum atomic E-state index is -0.923. The lowest BCUT2D eigenvalue weighted by Gasteiger charge is -2.13. The molecule has 3 heteroatoms. The molecule has 2 rings (SSSR count). The van der Waals surface area contributed by atoms with Crippen LogP contribution in [0.15, 0.2) is 30.3 Å². The number of hydrogen-bond donors (Lipinski definition) is 1. The first kappa shape index (κ1) is 10.1. The van der Waals surface area contributed by atoms with Gasteiger partial charge in [-0.25, -0.2) is 4.39 Å². The molecule has 80 valence electrons. The molecule has 0 aliphatic heterocycles. The van der Waals surface area contributed by atoms with Crippen molar-refractivity contribution in [2.24, 2.45) is 5.92 Å². The zero-order valence-corrected chi connectivity index (χ0v) is 8.61. The molecule has 2 nitrogen and oxygen atoms in total. The molecule has 0 heterocycles. The van der Waals surface area contributed by atoms with Crippen LogP contribution in [-0.2, 0) is 4.79 Å².